The number of aryl methyl sites for hydroxylation is 2. The minimum absolute atomic E-state index is 0.334. The Labute approximate surface area is 123 Å². The van der Waals surface area contributed by atoms with Crippen LogP contribution in [0.3, 0.4) is 0 Å². The second-order valence-corrected chi connectivity index (χ2v) is 5.34. The smallest absolute Gasteiger partial charge is 0.124 e. The molecule has 0 saturated heterocycles. The van der Waals surface area contributed by atoms with Gasteiger partial charge in [0.15, 0.2) is 0 Å². The summed E-state index contributed by atoms with van der Waals surface area (Å²) in [4.78, 5) is 0. The van der Waals surface area contributed by atoms with Crippen molar-refractivity contribution in [3.63, 3.8) is 0 Å². The number of nitrogens with one attached hydrogen (secondary N) is 1. The lowest BCUT2D eigenvalue weighted by molar-refractivity contribution is 0.188. The predicted molar refractivity (Wildman–Crippen MR) is 84.6 cm³/mol. The number of rotatable bonds is 9. The number of hydrogen-bond donors (Lipinski definition) is 1. The van der Waals surface area contributed by atoms with Gasteiger partial charge in [0.1, 0.15) is 5.75 Å². The third-order valence-electron chi connectivity index (χ3n) is 3.54. The molecule has 0 saturated carbocycles. The summed E-state index contributed by atoms with van der Waals surface area (Å²) in [5.74, 6) is 0.994. The van der Waals surface area contributed by atoms with Gasteiger partial charge < -0.3 is 14.8 Å². The van der Waals surface area contributed by atoms with E-state index in [9.17, 15) is 0 Å². The average Bonchev–Trinajstić information content (AvgIpc) is 2.42. The molecule has 0 aliphatic rings. The molecule has 0 heterocycles. The van der Waals surface area contributed by atoms with Crippen molar-refractivity contribution in [1.82, 2.24) is 5.32 Å². The van der Waals surface area contributed by atoms with Gasteiger partial charge in [-0.1, -0.05) is 13.0 Å². The van der Waals surface area contributed by atoms with Crippen LogP contribution in [0.5, 0.6) is 5.75 Å². The zero-order valence-corrected chi connectivity index (χ0v) is 13.6. The number of ether oxygens (including phenoxy) is 2. The summed E-state index contributed by atoms with van der Waals surface area (Å²) < 4.78 is 10.8. The second-order valence-electron chi connectivity index (χ2n) is 5.34. The molecule has 3 heteroatoms. The molecular weight excluding hydrogens is 250 g/mol. The maximum Gasteiger partial charge on any atom is 0.124 e. The van der Waals surface area contributed by atoms with Crippen LogP contribution in [0.2, 0.25) is 0 Å². The van der Waals surface area contributed by atoms with E-state index in [1.165, 1.54) is 16.7 Å². The van der Waals surface area contributed by atoms with Crippen LogP contribution in [0.4, 0.5) is 0 Å². The molecule has 0 spiro atoms. The van der Waals surface area contributed by atoms with Crippen LogP contribution in [0.25, 0.3) is 0 Å². The first-order valence-corrected chi connectivity index (χ1v) is 7.51. The van der Waals surface area contributed by atoms with Gasteiger partial charge in [-0.2, -0.15) is 0 Å². The molecule has 0 amide bonds. The summed E-state index contributed by atoms with van der Waals surface area (Å²) in [6.07, 6.45) is 3.25. The molecule has 20 heavy (non-hydrogen) atoms. The molecule has 0 aromatic heterocycles. The van der Waals surface area contributed by atoms with Gasteiger partial charge in [-0.25, -0.2) is 0 Å². The number of methoxy groups -OCH3 is 2. The van der Waals surface area contributed by atoms with Gasteiger partial charge in [-0.15, -0.1) is 0 Å². The summed E-state index contributed by atoms with van der Waals surface area (Å²) in [5.41, 5.74) is 3.84. The lowest BCUT2D eigenvalue weighted by Gasteiger charge is -2.24. The van der Waals surface area contributed by atoms with Gasteiger partial charge in [-0.05, 0) is 56.8 Å². The van der Waals surface area contributed by atoms with Gasteiger partial charge in [-0.3, -0.25) is 0 Å². The van der Waals surface area contributed by atoms with Gasteiger partial charge in [0.25, 0.3) is 0 Å². The minimum Gasteiger partial charge on any atom is -0.496 e. The molecule has 0 radical (unpaired) electrons. The van der Waals surface area contributed by atoms with Crippen molar-refractivity contribution in [3.05, 3.63) is 28.8 Å². The molecule has 0 aliphatic heterocycles. The molecule has 3 nitrogen and oxygen atoms in total. The molecule has 1 aromatic carbocycles. The van der Waals surface area contributed by atoms with E-state index in [2.05, 4.69) is 38.2 Å². The van der Waals surface area contributed by atoms with Crippen LogP contribution in [-0.2, 0) is 4.74 Å². The standard InChI is InChI=1S/C17H29NO2/c1-6-9-18-15(8-7-10-19-4)17-14(3)11-13(2)12-16(17)20-5/h11-12,15,18H,6-10H2,1-5H3. The molecule has 1 atom stereocenters. The van der Waals surface area contributed by atoms with E-state index >= 15 is 0 Å². The summed E-state index contributed by atoms with van der Waals surface area (Å²) in [6, 6.07) is 4.69. The van der Waals surface area contributed by atoms with E-state index in [-0.39, 0.29) is 0 Å². The van der Waals surface area contributed by atoms with E-state index in [0.717, 1.165) is 38.2 Å². The molecular formula is C17H29NO2. The maximum atomic E-state index is 5.60. The molecule has 0 aliphatic carbocycles. The molecule has 1 rings (SSSR count). The fourth-order valence-corrected chi connectivity index (χ4v) is 2.65. The zero-order valence-electron chi connectivity index (χ0n) is 13.6. The van der Waals surface area contributed by atoms with Gasteiger partial charge in [0, 0.05) is 25.3 Å². The van der Waals surface area contributed by atoms with Crippen LogP contribution in [-0.4, -0.2) is 27.4 Å². The normalized spacial score (nSPS) is 12.4. The summed E-state index contributed by atoms with van der Waals surface area (Å²) in [7, 11) is 3.51. The molecule has 0 bridgehead atoms. The van der Waals surface area contributed by atoms with Crippen molar-refractivity contribution in [2.45, 2.75) is 46.1 Å². The minimum atomic E-state index is 0.334. The third-order valence-corrected chi connectivity index (χ3v) is 3.54. The van der Waals surface area contributed by atoms with Gasteiger partial charge >= 0.3 is 0 Å². The highest BCUT2D eigenvalue weighted by atomic mass is 16.5. The second kappa shape index (κ2) is 8.98. The van der Waals surface area contributed by atoms with Crippen molar-refractivity contribution < 1.29 is 9.47 Å². The highest BCUT2D eigenvalue weighted by Crippen LogP contribution is 2.32. The topological polar surface area (TPSA) is 30.5 Å². The number of hydrogen-bond acceptors (Lipinski definition) is 3. The Kier molecular flexibility index (Phi) is 7.63. The van der Waals surface area contributed by atoms with E-state index < -0.39 is 0 Å². The Hall–Kier alpha value is -1.06. The average molecular weight is 279 g/mol. The lowest BCUT2D eigenvalue weighted by Crippen LogP contribution is -2.24. The quantitative estimate of drug-likeness (QED) is 0.698. The Balaban J connectivity index is 2.98. The number of benzene rings is 1. The predicted octanol–water partition coefficient (Wildman–Crippen LogP) is 3.78. The van der Waals surface area contributed by atoms with Crippen LogP contribution in [0.15, 0.2) is 12.1 Å². The van der Waals surface area contributed by atoms with E-state index in [0.29, 0.717) is 6.04 Å². The summed E-state index contributed by atoms with van der Waals surface area (Å²) in [5, 5.41) is 3.64. The Bertz CT molecular complexity index is 404. The largest absolute Gasteiger partial charge is 0.496 e. The Morgan fingerprint density at radius 2 is 1.95 bits per heavy atom. The van der Waals surface area contributed by atoms with Crippen LogP contribution >= 0.6 is 0 Å². The van der Waals surface area contributed by atoms with Crippen molar-refractivity contribution in [2.24, 2.45) is 0 Å². The zero-order chi connectivity index (χ0) is 15.0. The van der Waals surface area contributed by atoms with Gasteiger partial charge in [0.05, 0.1) is 7.11 Å². The van der Waals surface area contributed by atoms with Crippen LogP contribution in [0, 0.1) is 13.8 Å². The van der Waals surface area contributed by atoms with E-state index in [1.807, 2.05) is 0 Å². The van der Waals surface area contributed by atoms with Crippen molar-refractivity contribution in [1.29, 1.82) is 0 Å². The summed E-state index contributed by atoms with van der Waals surface area (Å²) in [6.45, 7) is 8.30. The molecule has 1 aromatic rings. The molecule has 114 valence electrons. The van der Waals surface area contributed by atoms with Crippen LogP contribution < -0.4 is 10.1 Å². The summed E-state index contributed by atoms with van der Waals surface area (Å²) >= 11 is 0. The maximum absolute atomic E-state index is 5.60. The first-order valence-electron chi connectivity index (χ1n) is 7.51. The van der Waals surface area contributed by atoms with Crippen molar-refractivity contribution in [3.8, 4) is 5.75 Å². The fourth-order valence-electron chi connectivity index (χ4n) is 2.65. The van der Waals surface area contributed by atoms with Crippen molar-refractivity contribution >= 4 is 0 Å². The van der Waals surface area contributed by atoms with E-state index in [1.54, 1.807) is 14.2 Å². The fraction of sp³-hybridized carbons (Fsp3) is 0.647. The molecule has 0 fully saturated rings. The van der Waals surface area contributed by atoms with Crippen LogP contribution in [0.1, 0.15) is 48.9 Å². The van der Waals surface area contributed by atoms with Gasteiger partial charge in [0.2, 0.25) is 0 Å². The highest BCUT2D eigenvalue weighted by molar-refractivity contribution is 5.45. The first-order chi connectivity index (χ1) is 9.63. The molecule has 1 N–H and O–H groups in total. The van der Waals surface area contributed by atoms with E-state index in [4.69, 9.17) is 9.47 Å². The Morgan fingerprint density at radius 1 is 1.20 bits per heavy atom. The highest BCUT2D eigenvalue weighted by Gasteiger charge is 2.18. The Morgan fingerprint density at radius 3 is 2.55 bits per heavy atom. The lowest BCUT2D eigenvalue weighted by atomic mass is 9.94. The SMILES string of the molecule is CCCNC(CCCOC)c1c(C)cc(C)cc1OC. The monoisotopic (exact) mass is 279 g/mol. The third kappa shape index (κ3) is 4.80. The molecule has 1 unspecified atom stereocenters. The first kappa shape index (κ1) is 17.0. The van der Waals surface area contributed by atoms with Crippen molar-refractivity contribution in [2.75, 3.05) is 27.4 Å².